The first-order valence-electron chi connectivity index (χ1n) is 10.2. The van der Waals surface area contributed by atoms with Gasteiger partial charge in [0.2, 0.25) is 17.7 Å². The van der Waals surface area contributed by atoms with E-state index in [0.717, 1.165) is 26.2 Å². The first-order valence-corrected chi connectivity index (χ1v) is 10.2. The Kier molecular flexibility index (Phi) is 7.17. The molecule has 2 aliphatic rings. The van der Waals surface area contributed by atoms with E-state index in [1.807, 2.05) is 0 Å². The minimum atomic E-state index is -0.824. The summed E-state index contributed by atoms with van der Waals surface area (Å²) in [6, 6.07) is 5.74. The molecule has 0 saturated carbocycles. The normalized spacial score (nSPS) is 20.5. The molecule has 3 amide bonds. The molecule has 0 unspecified atom stereocenters. The van der Waals surface area contributed by atoms with E-state index in [4.69, 9.17) is 0 Å². The summed E-state index contributed by atoms with van der Waals surface area (Å²) in [5.74, 6) is -0.848. The van der Waals surface area contributed by atoms with Gasteiger partial charge in [0.1, 0.15) is 6.04 Å². The van der Waals surface area contributed by atoms with Gasteiger partial charge in [0.15, 0.2) is 5.78 Å². The van der Waals surface area contributed by atoms with Crippen molar-refractivity contribution in [3.63, 3.8) is 0 Å². The van der Waals surface area contributed by atoms with E-state index >= 15 is 0 Å². The molecule has 162 valence electrons. The number of nitrogens with zero attached hydrogens (tertiary/aromatic N) is 3. The summed E-state index contributed by atoms with van der Waals surface area (Å²) in [5, 5.41) is 5.48. The SMILES string of the molecule is CC(=O)c1ccc(NC(=O)C[C@@H]2C(=O)NCCN2C(=O)CN2CCN(C)CC2)cc1. The number of hydrogen-bond donors (Lipinski definition) is 2. The molecule has 3 rings (SSSR count). The number of ketones is 1. The van der Waals surface area contributed by atoms with Gasteiger partial charge in [0.05, 0.1) is 13.0 Å². The zero-order valence-corrected chi connectivity index (χ0v) is 17.5. The van der Waals surface area contributed by atoms with Crippen LogP contribution in [0.2, 0.25) is 0 Å². The van der Waals surface area contributed by atoms with E-state index in [-0.39, 0.29) is 36.5 Å². The largest absolute Gasteiger partial charge is 0.353 e. The number of hydrogen-bond acceptors (Lipinski definition) is 6. The standard InChI is InChI=1S/C21H29N5O4/c1-15(27)16-3-5-17(6-4-16)23-19(28)13-18-21(30)22-7-8-26(18)20(29)14-25-11-9-24(2)10-12-25/h3-6,18H,7-14H2,1-2H3,(H,22,30)(H,23,28)/t18-/m1/s1. The molecule has 9 heteroatoms. The van der Waals surface area contributed by atoms with Crippen LogP contribution in [0.15, 0.2) is 24.3 Å². The lowest BCUT2D eigenvalue weighted by Crippen LogP contribution is -2.60. The fourth-order valence-corrected chi connectivity index (χ4v) is 3.68. The molecule has 2 fully saturated rings. The highest BCUT2D eigenvalue weighted by atomic mass is 16.2. The molecule has 0 radical (unpaired) electrons. The van der Waals surface area contributed by atoms with Crippen molar-refractivity contribution in [3.05, 3.63) is 29.8 Å². The molecule has 1 atom stereocenters. The Labute approximate surface area is 176 Å². The number of nitrogens with one attached hydrogen (secondary N) is 2. The molecule has 2 saturated heterocycles. The van der Waals surface area contributed by atoms with Crippen molar-refractivity contribution < 1.29 is 19.2 Å². The van der Waals surface area contributed by atoms with E-state index in [1.54, 1.807) is 24.3 Å². The maximum atomic E-state index is 12.9. The summed E-state index contributed by atoms with van der Waals surface area (Å²) >= 11 is 0. The van der Waals surface area contributed by atoms with Gasteiger partial charge in [-0.15, -0.1) is 0 Å². The molecule has 1 aromatic carbocycles. The molecule has 0 aromatic heterocycles. The first-order chi connectivity index (χ1) is 14.3. The van der Waals surface area contributed by atoms with Crippen LogP contribution in [0.25, 0.3) is 0 Å². The number of carbonyl (C=O) groups is 4. The Bertz CT molecular complexity index is 802. The van der Waals surface area contributed by atoms with Gasteiger partial charge in [0.25, 0.3) is 0 Å². The minimum absolute atomic E-state index is 0.0544. The van der Waals surface area contributed by atoms with Crippen molar-refractivity contribution in [1.82, 2.24) is 20.0 Å². The Balaban J connectivity index is 1.59. The lowest BCUT2D eigenvalue weighted by atomic mass is 10.1. The van der Waals surface area contributed by atoms with Crippen LogP contribution in [0.5, 0.6) is 0 Å². The average Bonchev–Trinajstić information content (AvgIpc) is 2.71. The zero-order valence-electron chi connectivity index (χ0n) is 17.5. The van der Waals surface area contributed by atoms with Crippen LogP contribution < -0.4 is 10.6 Å². The highest BCUT2D eigenvalue weighted by Gasteiger charge is 2.35. The van der Waals surface area contributed by atoms with Gasteiger partial charge < -0.3 is 20.4 Å². The number of carbonyl (C=O) groups excluding carboxylic acids is 4. The number of Topliss-reactive ketones (excluding diaryl/α,β-unsaturated/α-hetero) is 1. The van der Waals surface area contributed by atoms with E-state index in [2.05, 4.69) is 27.5 Å². The van der Waals surface area contributed by atoms with Crippen molar-refractivity contribution in [2.24, 2.45) is 0 Å². The molecule has 2 aliphatic heterocycles. The monoisotopic (exact) mass is 415 g/mol. The maximum Gasteiger partial charge on any atom is 0.243 e. The Morgan fingerprint density at radius 2 is 1.73 bits per heavy atom. The van der Waals surface area contributed by atoms with Gasteiger partial charge in [-0.2, -0.15) is 0 Å². The molecule has 1 aromatic rings. The van der Waals surface area contributed by atoms with Crippen molar-refractivity contribution >= 4 is 29.2 Å². The predicted molar refractivity (Wildman–Crippen MR) is 112 cm³/mol. The fraction of sp³-hybridized carbons (Fsp3) is 0.524. The maximum absolute atomic E-state index is 12.9. The lowest BCUT2D eigenvalue weighted by molar-refractivity contribution is -0.145. The number of anilines is 1. The highest BCUT2D eigenvalue weighted by Crippen LogP contribution is 2.14. The number of benzene rings is 1. The Hall–Kier alpha value is -2.78. The average molecular weight is 415 g/mol. The third kappa shape index (κ3) is 5.64. The second kappa shape index (κ2) is 9.82. The van der Waals surface area contributed by atoms with Crippen LogP contribution in [0.4, 0.5) is 5.69 Å². The van der Waals surface area contributed by atoms with Gasteiger partial charge in [-0.1, -0.05) is 0 Å². The topological polar surface area (TPSA) is 102 Å². The van der Waals surface area contributed by atoms with Crippen LogP contribution in [-0.4, -0.2) is 97.1 Å². The summed E-state index contributed by atoms with van der Waals surface area (Å²) in [7, 11) is 2.05. The van der Waals surface area contributed by atoms with Crippen molar-refractivity contribution in [2.75, 3.05) is 58.2 Å². The van der Waals surface area contributed by atoms with Crippen molar-refractivity contribution in [3.8, 4) is 0 Å². The molecular formula is C21H29N5O4. The highest BCUT2D eigenvalue weighted by molar-refractivity contribution is 5.98. The smallest absolute Gasteiger partial charge is 0.243 e. The zero-order chi connectivity index (χ0) is 21.7. The Morgan fingerprint density at radius 1 is 1.07 bits per heavy atom. The van der Waals surface area contributed by atoms with Crippen LogP contribution >= 0.6 is 0 Å². The second-order valence-electron chi connectivity index (χ2n) is 7.86. The second-order valence-corrected chi connectivity index (χ2v) is 7.86. The predicted octanol–water partition coefficient (Wildman–Crippen LogP) is -0.208. The number of piperazine rings is 2. The number of rotatable bonds is 6. The number of amides is 3. The van der Waals surface area contributed by atoms with Crippen LogP contribution in [0.1, 0.15) is 23.7 Å². The molecule has 30 heavy (non-hydrogen) atoms. The minimum Gasteiger partial charge on any atom is -0.353 e. The third-order valence-corrected chi connectivity index (χ3v) is 5.56. The van der Waals surface area contributed by atoms with Crippen LogP contribution in [0.3, 0.4) is 0 Å². The van der Waals surface area contributed by atoms with Crippen LogP contribution in [0, 0.1) is 0 Å². The molecular weight excluding hydrogens is 386 g/mol. The van der Waals surface area contributed by atoms with Gasteiger partial charge >= 0.3 is 0 Å². The summed E-state index contributed by atoms with van der Waals surface area (Å²) < 4.78 is 0. The summed E-state index contributed by atoms with van der Waals surface area (Å²) in [6.07, 6.45) is -0.116. The molecule has 2 N–H and O–H groups in total. The molecule has 0 bridgehead atoms. The Morgan fingerprint density at radius 3 is 2.37 bits per heavy atom. The van der Waals surface area contributed by atoms with Gasteiger partial charge in [-0.3, -0.25) is 24.1 Å². The van der Waals surface area contributed by atoms with E-state index < -0.39 is 6.04 Å². The summed E-state index contributed by atoms with van der Waals surface area (Å²) in [5.41, 5.74) is 1.09. The molecule has 0 spiro atoms. The lowest BCUT2D eigenvalue weighted by Gasteiger charge is -2.37. The molecule has 0 aliphatic carbocycles. The van der Waals surface area contributed by atoms with Gasteiger partial charge in [-0.25, -0.2) is 0 Å². The van der Waals surface area contributed by atoms with Crippen LogP contribution in [-0.2, 0) is 14.4 Å². The quantitative estimate of drug-likeness (QED) is 0.624. The first kappa shape index (κ1) is 21.9. The van der Waals surface area contributed by atoms with Gasteiger partial charge in [-0.05, 0) is 38.2 Å². The number of likely N-dealkylation sites (N-methyl/N-ethyl adjacent to an activating group) is 1. The van der Waals surface area contributed by atoms with E-state index in [0.29, 0.717) is 24.3 Å². The van der Waals surface area contributed by atoms with Crippen molar-refractivity contribution in [2.45, 2.75) is 19.4 Å². The molecule has 9 nitrogen and oxygen atoms in total. The van der Waals surface area contributed by atoms with Crippen molar-refractivity contribution in [1.29, 1.82) is 0 Å². The molecule has 2 heterocycles. The summed E-state index contributed by atoms with van der Waals surface area (Å²) in [6.45, 7) is 5.94. The van der Waals surface area contributed by atoms with Gasteiger partial charge in [0, 0.05) is 50.5 Å². The third-order valence-electron chi connectivity index (χ3n) is 5.56. The van der Waals surface area contributed by atoms with E-state index in [9.17, 15) is 19.2 Å². The summed E-state index contributed by atoms with van der Waals surface area (Å²) in [4.78, 5) is 55.0. The van der Waals surface area contributed by atoms with E-state index in [1.165, 1.54) is 11.8 Å². The fourth-order valence-electron chi connectivity index (χ4n) is 3.68.